The van der Waals surface area contributed by atoms with Crippen LogP contribution in [0.5, 0.6) is 5.75 Å². The number of ether oxygens (including phenoxy) is 2. The Morgan fingerprint density at radius 3 is 2.74 bits per heavy atom. The molecule has 0 unspecified atom stereocenters. The Balaban J connectivity index is 1.91. The summed E-state index contributed by atoms with van der Waals surface area (Å²) in [6, 6.07) is 14.6. The predicted molar refractivity (Wildman–Crippen MR) is 103 cm³/mol. The van der Waals surface area contributed by atoms with Crippen molar-refractivity contribution < 1.29 is 19.1 Å². The first-order valence-electron chi connectivity index (χ1n) is 8.16. The topological polar surface area (TPSA) is 89.0 Å². The summed E-state index contributed by atoms with van der Waals surface area (Å²) in [5.74, 6) is -1.06. The highest BCUT2D eigenvalue weighted by molar-refractivity contribution is 6.35. The van der Waals surface area contributed by atoms with Crippen molar-refractivity contribution in [2.24, 2.45) is 5.10 Å². The van der Waals surface area contributed by atoms with Gasteiger partial charge in [0.15, 0.2) is 0 Å². The Hall–Kier alpha value is -2.90. The third kappa shape index (κ3) is 7.08. The number of amides is 2. The minimum atomic E-state index is -0.861. The number of rotatable bonds is 8. The van der Waals surface area contributed by atoms with E-state index in [2.05, 4.69) is 15.8 Å². The second-order valence-electron chi connectivity index (χ2n) is 5.40. The summed E-state index contributed by atoms with van der Waals surface area (Å²) in [6.45, 7) is 0.895. The summed E-state index contributed by atoms with van der Waals surface area (Å²) in [7, 11) is 1.50. The molecule has 0 saturated carbocycles. The molecule has 0 atom stereocenters. The SMILES string of the molecule is COCCNC(=O)C(=O)N/N=C\c1ccccc1OCc1cccc(Cl)c1. The molecule has 7 nitrogen and oxygen atoms in total. The van der Waals surface area contributed by atoms with Gasteiger partial charge in [-0.15, -0.1) is 0 Å². The first-order chi connectivity index (χ1) is 13.1. The molecule has 0 spiro atoms. The lowest BCUT2D eigenvalue weighted by Gasteiger charge is -2.09. The van der Waals surface area contributed by atoms with Gasteiger partial charge in [0, 0.05) is 24.2 Å². The quantitative estimate of drug-likeness (QED) is 0.313. The zero-order valence-electron chi connectivity index (χ0n) is 14.8. The van der Waals surface area contributed by atoms with E-state index >= 15 is 0 Å². The molecule has 0 aliphatic rings. The van der Waals surface area contributed by atoms with Crippen molar-refractivity contribution in [2.45, 2.75) is 6.61 Å². The predicted octanol–water partition coefficient (Wildman–Crippen LogP) is 2.13. The molecule has 0 saturated heterocycles. The normalized spacial score (nSPS) is 10.6. The van der Waals surface area contributed by atoms with Crippen molar-refractivity contribution in [2.75, 3.05) is 20.3 Å². The van der Waals surface area contributed by atoms with Gasteiger partial charge in [0.1, 0.15) is 12.4 Å². The number of hydrogen-bond donors (Lipinski definition) is 2. The van der Waals surface area contributed by atoms with E-state index in [0.717, 1.165) is 5.56 Å². The summed E-state index contributed by atoms with van der Waals surface area (Å²) in [4.78, 5) is 23.2. The molecule has 2 aromatic carbocycles. The lowest BCUT2D eigenvalue weighted by molar-refractivity contribution is -0.139. The maximum Gasteiger partial charge on any atom is 0.329 e. The van der Waals surface area contributed by atoms with Gasteiger partial charge in [-0.1, -0.05) is 35.9 Å². The number of halogens is 1. The highest BCUT2D eigenvalue weighted by Crippen LogP contribution is 2.18. The van der Waals surface area contributed by atoms with Crippen LogP contribution in [0.2, 0.25) is 5.02 Å². The molecule has 142 valence electrons. The summed E-state index contributed by atoms with van der Waals surface area (Å²) in [5.41, 5.74) is 3.75. The van der Waals surface area contributed by atoms with Crippen LogP contribution in [0.4, 0.5) is 0 Å². The molecule has 0 aromatic heterocycles. The molecule has 0 fully saturated rings. The monoisotopic (exact) mass is 389 g/mol. The molecular weight excluding hydrogens is 370 g/mol. The Morgan fingerprint density at radius 1 is 1.15 bits per heavy atom. The fraction of sp³-hybridized carbons (Fsp3) is 0.211. The zero-order valence-corrected chi connectivity index (χ0v) is 15.5. The largest absolute Gasteiger partial charge is 0.488 e. The van der Waals surface area contributed by atoms with Crippen LogP contribution in [-0.2, 0) is 20.9 Å². The molecule has 0 aliphatic carbocycles. The Labute approximate surface area is 162 Å². The molecule has 2 amide bonds. The Morgan fingerprint density at radius 2 is 1.96 bits per heavy atom. The van der Waals surface area contributed by atoms with Gasteiger partial charge >= 0.3 is 11.8 Å². The maximum absolute atomic E-state index is 11.6. The van der Waals surface area contributed by atoms with E-state index in [0.29, 0.717) is 29.5 Å². The number of nitrogens with one attached hydrogen (secondary N) is 2. The van der Waals surface area contributed by atoms with Gasteiger partial charge in [0.2, 0.25) is 0 Å². The highest BCUT2D eigenvalue weighted by Gasteiger charge is 2.11. The smallest absolute Gasteiger partial charge is 0.329 e. The van der Waals surface area contributed by atoms with Crippen LogP contribution in [0.1, 0.15) is 11.1 Å². The molecule has 2 rings (SSSR count). The molecule has 0 aliphatic heterocycles. The molecule has 2 aromatic rings. The van der Waals surface area contributed by atoms with Gasteiger partial charge in [-0.3, -0.25) is 9.59 Å². The summed E-state index contributed by atoms with van der Waals surface area (Å²) in [5, 5.41) is 6.84. The number of hydrogen-bond acceptors (Lipinski definition) is 5. The van der Waals surface area contributed by atoms with Crippen LogP contribution in [0, 0.1) is 0 Å². The molecule has 2 N–H and O–H groups in total. The van der Waals surface area contributed by atoms with Crippen LogP contribution in [0.15, 0.2) is 53.6 Å². The number of carbonyl (C=O) groups is 2. The summed E-state index contributed by atoms with van der Waals surface area (Å²) < 4.78 is 10.6. The lowest BCUT2D eigenvalue weighted by Crippen LogP contribution is -2.39. The van der Waals surface area contributed by atoms with Crippen molar-refractivity contribution in [3.63, 3.8) is 0 Å². The van der Waals surface area contributed by atoms with E-state index in [-0.39, 0.29) is 6.54 Å². The number of methoxy groups -OCH3 is 1. The van der Waals surface area contributed by atoms with Crippen LogP contribution in [-0.4, -0.2) is 38.3 Å². The van der Waals surface area contributed by atoms with Crippen LogP contribution in [0.25, 0.3) is 0 Å². The first kappa shape index (κ1) is 20.4. The van der Waals surface area contributed by atoms with Gasteiger partial charge in [-0.2, -0.15) is 5.10 Å². The molecular formula is C19H20ClN3O4. The highest BCUT2D eigenvalue weighted by atomic mass is 35.5. The molecule has 8 heteroatoms. The van der Waals surface area contributed by atoms with Gasteiger partial charge in [-0.25, -0.2) is 5.43 Å². The number of nitrogens with zero attached hydrogens (tertiary/aromatic N) is 1. The van der Waals surface area contributed by atoms with E-state index in [1.807, 2.05) is 30.3 Å². The minimum absolute atomic E-state index is 0.243. The van der Waals surface area contributed by atoms with Gasteiger partial charge in [-0.05, 0) is 29.8 Å². The summed E-state index contributed by atoms with van der Waals surface area (Å²) in [6.07, 6.45) is 1.41. The van der Waals surface area contributed by atoms with Crippen molar-refractivity contribution in [3.8, 4) is 5.75 Å². The fourth-order valence-electron chi connectivity index (χ4n) is 2.06. The molecule has 0 bridgehead atoms. The maximum atomic E-state index is 11.6. The van der Waals surface area contributed by atoms with Crippen LogP contribution < -0.4 is 15.5 Å². The van der Waals surface area contributed by atoms with Gasteiger partial charge < -0.3 is 14.8 Å². The van der Waals surface area contributed by atoms with E-state index in [4.69, 9.17) is 21.1 Å². The third-order valence-electron chi connectivity index (χ3n) is 3.37. The molecule has 0 heterocycles. The van der Waals surface area contributed by atoms with Gasteiger partial charge in [0.05, 0.1) is 12.8 Å². The van der Waals surface area contributed by atoms with Crippen molar-refractivity contribution >= 4 is 29.6 Å². The second kappa shape index (κ2) is 10.9. The first-order valence-corrected chi connectivity index (χ1v) is 8.54. The second-order valence-corrected chi connectivity index (χ2v) is 5.84. The lowest BCUT2D eigenvalue weighted by atomic mass is 10.2. The minimum Gasteiger partial charge on any atom is -0.488 e. The van der Waals surface area contributed by atoms with Gasteiger partial charge in [0.25, 0.3) is 0 Å². The average Bonchev–Trinajstić information content (AvgIpc) is 2.67. The fourth-order valence-corrected chi connectivity index (χ4v) is 2.28. The van der Waals surface area contributed by atoms with Crippen LogP contribution in [0.3, 0.4) is 0 Å². The van der Waals surface area contributed by atoms with Crippen molar-refractivity contribution in [3.05, 3.63) is 64.7 Å². The number of benzene rings is 2. The Bertz CT molecular complexity index is 811. The molecule has 27 heavy (non-hydrogen) atoms. The van der Waals surface area contributed by atoms with Crippen LogP contribution >= 0.6 is 11.6 Å². The van der Waals surface area contributed by atoms with E-state index in [9.17, 15) is 9.59 Å². The standard InChI is InChI=1S/C19H20ClN3O4/c1-26-10-9-21-18(24)19(25)23-22-12-15-6-2-3-8-17(15)27-13-14-5-4-7-16(20)11-14/h2-8,11-12H,9-10,13H2,1H3,(H,21,24)(H,23,25)/b22-12-. The zero-order chi connectivity index (χ0) is 19.5. The summed E-state index contributed by atoms with van der Waals surface area (Å²) >= 11 is 5.96. The number of hydrazone groups is 1. The van der Waals surface area contributed by atoms with E-state index in [1.165, 1.54) is 13.3 Å². The van der Waals surface area contributed by atoms with Crippen molar-refractivity contribution in [1.29, 1.82) is 0 Å². The number of carbonyl (C=O) groups excluding carboxylic acids is 2. The number of para-hydroxylation sites is 1. The van der Waals surface area contributed by atoms with E-state index in [1.54, 1.807) is 18.2 Å². The Kier molecular flexibility index (Phi) is 8.28. The molecule has 0 radical (unpaired) electrons. The van der Waals surface area contributed by atoms with Crippen molar-refractivity contribution in [1.82, 2.24) is 10.7 Å². The average molecular weight is 390 g/mol. The van der Waals surface area contributed by atoms with E-state index < -0.39 is 11.8 Å². The third-order valence-corrected chi connectivity index (χ3v) is 3.61.